The van der Waals surface area contributed by atoms with E-state index in [0.717, 1.165) is 44.0 Å². The fraction of sp³-hybridized carbons (Fsp3) is 0.789. The SMILES string of the molecule is COCCCN1C[C@H](C)N(C(=O)N2Cc3c(C)n[nH]c3C2(C)C)C[C@H]1C. The molecule has 3 heterocycles. The maximum Gasteiger partial charge on any atom is 0.321 e. The standard InChI is InChI=1S/C19H33N5O2/c1-13-11-23(14(2)10-22(13)8-7-9-26-6)18(25)24-12-16-15(3)20-21-17(16)19(24,4)5/h13-14H,7-12H2,1-6H3,(H,20,21)/t13-,14+/m1/s1. The number of piperazine rings is 1. The first kappa shape index (κ1) is 19.2. The molecule has 7 nitrogen and oxygen atoms in total. The summed E-state index contributed by atoms with van der Waals surface area (Å²) in [6.45, 7) is 14.7. The molecule has 0 spiro atoms. The molecule has 1 N–H and O–H groups in total. The number of hydrogen-bond acceptors (Lipinski definition) is 4. The number of aryl methyl sites for hydroxylation is 1. The van der Waals surface area contributed by atoms with Crippen LogP contribution in [0.15, 0.2) is 0 Å². The molecule has 0 aromatic carbocycles. The number of H-pyrrole nitrogens is 1. The molecule has 1 saturated heterocycles. The van der Waals surface area contributed by atoms with Gasteiger partial charge >= 0.3 is 6.03 Å². The highest BCUT2D eigenvalue weighted by Gasteiger charge is 2.46. The van der Waals surface area contributed by atoms with Gasteiger partial charge in [-0.1, -0.05) is 0 Å². The molecule has 0 bridgehead atoms. The van der Waals surface area contributed by atoms with Gasteiger partial charge in [0.25, 0.3) is 0 Å². The first-order valence-electron chi connectivity index (χ1n) is 9.63. The molecule has 0 saturated carbocycles. The summed E-state index contributed by atoms with van der Waals surface area (Å²) in [7, 11) is 1.74. The van der Waals surface area contributed by atoms with E-state index in [1.54, 1.807) is 7.11 Å². The fourth-order valence-electron chi connectivity index (χ4n) is 4.30. The number of methoxy groups -OCH3 is 1. The summed E-state index contributed by atoms with van der Waals surface area (Å²) in [6, 6.07) is 0.698. The lowest BCUT2D eigenvalue weighted by Gasteiger charge is -2.46. The van der Waals surface area contributed by atoms with Crippen molar-refractivity contribution in [2.45, 2.75) is 65.2 Å². The zero-order valence-corrected chi connectivity index (χ0v) is 17.0. The van der Waals surface area contributed by atoms with Gasteiger partial charge < -0.3 is 14.5 Å². The Morgan fingerprint density at radius 3 is 2.69 bits per heavy atom. The normalized spacial score (nSPS) is 25.6. The third kappa shape index (κ3) is 3.22. The Kier molecular flexibility index (Phi) is 5.30. The van der Waals surface area contributed by atoms with Crippen molar-refractivity contribution < 1.29 is 9.53 Å². The molecule has 2 amide bonds. The second-order valence-electron chi connectivity index (χ2n) is 8.28. The van der Waals surface area contributed by atoms with Crippen molar-refractivity contribution in [3.05, 3.63) is 17.0 Å². The van der Waals surface area contributed by atoms with Crippen LogP contribution in [0.2, 0.25) is 0 Å². The quantitative estimate of drug-likeness (QED) is 0.834. The number of aromatic amines is 1. The van der Waals surface area contributed by atoms with Crippen LogP contribution in [-0.2, 0) is 16.8 Å². The minimum absolute atomic E-state index is 0.134. The van der Waals surface area contributed by atoms with E-state index in [9.17, 15) is 4.79 Å². The van der Waals surface area contributed by atoms with Crippen molar-refractivity contribution in [3.8, 4) is 0 Å². The van der Waals surface area contributed by atoms with E-state index in [1.807, 2.05) is 16.7 Å². The summed E-state index contributed by atoms with van der Waals surface area (Å²) >= 11 is 0. The van der Waals surface area contributed by atoms with Gasteiger partial charge in [0.1, 0.15) is 0 Å². The molecule has 1 fully saturated rings. The van der Waals surface area contributed by atoms with Crippen LogP contribution in [0.5, 0.6) is 0 Å². The molecule has 2 aliphatic rings. The molecule has 146 valence electrons. The van der Waals surface area contributed by atoms with E-state index in [2.05, 4.69) is 42.8 Å². The summed E-state index contributed by atoms with van der Waals surface area (Å²) in [5.74, 6) is 0. The number of ether oxygens (including phenoxy) is 1. The summed E-state index contributed by atoms with van der Waals surface area (Å²) in [6.07, 6.45) is 1.03. The van der Waals surface area contributed by atoms with Gasteiger partial charge in [0.15, 0.2) is 0 Å². The lowest BCUT2D eigenvalue weighted by molar-refractivity contribution is 0.0314. The molecule has 26 heavy (non-hydrogen) atoms. The Balaban J connectivity index is 1.69. The molecule has 0 aliphatic carbocycles. The van der Waals surface area contributed by atoms with Crippen molar-refractivity contribution in [1.29, 1.82) is 0 Å². The number of hydrogen-bond donors (Lipinski definition) is 1. The van der Waals surface area contributed by atoms with Gasteiger partial charge in [-0.3, -0.25) is 10.00 Å². The molecule has 2 aliphatic heterocycles. The topological polar surface area (TPSA) is 64.7 Å². The number of aromatic nitrogens is 2. The van der Waals surface area contributed by atoms with E-state index in [0.29, 0.717) is 12.6 Å². The minimum atomic E-state index is -0.355. The Labute approximate surface area is 156 Å². The van der Waals surface area contributed by atoms with Gasteiger partial charge in [0.05, 0.1) is 23.5 Å². The molecule has 2 atom stereocenters. The number of nitrogens with one attached hydrogen (secondary N) is 1. The van der Waals surface area contributed by atoms with Gasteiger partial charge in [-0.05, 0) is 41.0 Å². The van der Waals surface area contributed by atoms with E-state index in [4.69, 9.17) is 4.74 Å². The van der Waals surface area contributed by atoms with Gasteiger partial charge in [-0.25, -0.2) is 4.79 Å². The highest BCUT2D eigenvalue weighted by atomic mass is 16.5. The van der Waals surface area contributed by atoms with Crippen LogP contribution < -0.4 is 0 Å². The summed E-state index contributed by atoms with van der Waals surface area (Å²) in [5, 5.41) is 7.46. The second-order valence-corrected chi connectivity index (χ2v) is 8.28. The van der Waals surface area contributed by atoms with E-state index in [-0.39, 0.29) is 17.6 Å². The molecule has 1 aromatic heterocycles. The zero-order valence-electron chi connectivity index (χ0n) is 17.0. The van der Waals surface area contributed by atoms with Crippen LogP contribution in [0.3, 0.4) is 0 Å². The van der Waals surface area contributed by atoms with Crippen LogP contribution in [0.25, 0.3) is 0 Å². The largest absolute Gasteiger partial charge is 0.385 e. The Morgan fingerprint density at radius 1 is 1.31 bits per heavy atom. The fourth-order valence-corrected chi connectivity index (χ4v) is 4.30. The van der Waals surface area contributed by atoms with Crippen LogP contribution >= 0.6 is 0 Å². The molecule has 3 rings (SSSR count). The number of rotatable bonds is 4. The molecule has 7 heteroatoms. The van der Waals surface area contributed by atoms with Crippen LogP contribution in [0.1, 0.15) is 51.1 Å². The third-order valence-corrected chi connectivity index (χ3v) is 6.06. The Bertz CT molecular complexity index is 656. The highest BCUT2D eigenvalue weighted by molar-refractivity contribution is 5.77. The summed E-state index contributed by atoms with van der Waals surface area (Å²) < 4.78 is 5.17. The molecule has 0 unspecified atom stereocenters. The molecule has 0 radical (unpaired) electrons. The van der Waals surface area contributed by atoms with Gasteiger partial charge in [-0.15, -0.1) is 0 Å². The van der Waals surface area contributed by atoms with E-state index < -0.39 is 0 Å². The summed E-state index contributed by atoms with van der Waals surface area (Å²) in [4.78, 5) is 19.9. The Morgan fingerprint density at radius 2 is 2.04 bits per heavy atom. The van der Waals surface area contributed by atoms with Crippen LogP contribution in [0.4, 0.5) is 4.79 Å². The smallest absolute Gasteiger partial charge is 0.321 e. The third-order valence-electron chi connectivity index (χ3n) is 6.06. The van der Waals surface area contributed by atoms with Crippen molar-refractivity contribution in [3.63, 3.8) is 0 Å². The second kappa shape index (κ2) is 7.19. The molecule has 1 aromatic rings. The predicted octanol–water partition coefficient (Wildman–Crippen LogP) is 2.32. The van der Waals surface area contributed by atoms with Crippen molar-refractivity contribution in [2.24, 2.45) is 0 Å². The first-order chi connectivity index (χ1) is 12.3. The van der Waals surface area contributed by atoms with Crippen molar-refractivity contribution in [2.75, 3.05) is 33.4 Å². The zero-order chi connectivity index (χ0) is 19.1. The lowest BCUT2D eigenvalue weighted by atomic mass is 10.0. The van der Waals surface area contributed by atoms with Crippen molar-refractivity contribution in [1.82, 2.24) is 24.9 Å². The average molecular weight is 364 g/mol. The molecular weight excluding hydrogens is 330 g/mol. The maximum absolute atomic E-state index is 13.4. The number of urea groups is 1. The van der Waals surface area contributed by atoms with Crippen molar-refractivity contribution >= 4 is 6.03 Å². The highest BCUT2D eigenvalue weighted by Crippen LogP contribution is 2.39. The van der Waals surface area contributed by atoms with Gasteiger partial charge in [0.2, 0.25) is 0 Å². The number of fused-ring (bicyclic) bond motifs is 1. The monoisotopic (exact) mass is 363 g/mol. The van der Waals surface area contributed by atoms with Gasteiger partial charge in [-0.2, -0.15) is 5.10 Å². The maximum atomic E-state index is 13.4. The lowest BCUT2D eigenvalue weighted by Crippen LogP contribution is -2.61. The minimum Gasteiger partial charge on any atom is -0.385 e. The predicted molar refractivity (Wildman–Crippen MR) is 101 cm³/mol. The first-order valence-corrected chi connectivity index (χ1v) is 9.63. The van der Waals surface area contributed by atoms with Crippen LogP contribution in [-0.4, -0.2) is 76.4 Å². The van der Waals surface area contributed by atoms with Gasteiger partial charge in [0, 0.05) is 51.0 Å². The number of nitrogens with zero attached hydrogens (tertiary/aromatic N) is 4. The molecular formula is C19H33N5O2. The average Bonchev–Trinajstić information content (AvgIpc) is 3.08. The van der Waals surface area contributed by atoms with Crippen LogP contribution in [0, 0.1) is 6.92 Å². The van der Waals surface area contributed by atoms with E-state index >= 15 is 0 Å². The van der Waals surface area contributed by atoms with E-state index in [1.165, 1.54) is 5.56 Å². The number of carbonyl (C=O) groups excluding carboxylic acids is 1. The number of carbonyl (C=O) groups is 1. The summed E-state index contributed by atoms with van der Waals surface area (Å²) in [5.41, 5.74) is 2.88. The Hall–Kier alpha value is -1.60. The number of amides is 2.